The van der Waals surface area contributed by atoms with E-state index < -0.39 is 0 Å². The summed E-state index contributed by atoms with van der Waals surface area (Å²) in [5.41, 5.74) is 2.90. The van der Waals surface area contributed by atoms with Crippen molar-refractivity contribution in [2.45, 2.75) is 26.8 Å². The maximum absolute atomic E-state index is 11.9. The first kappa shape index (κ1) is 19.9. The van der Waals surface area contributed by atoms with Crippen LogP contribution in [0.5, 0.6) is 0 Å². The van der Waals surface area contributed by atoms with Gasteiger partial charge in [0.1, 0.15) is 0 Å². The highest BCUT2D eigenvalue weighted by atomic mass is 32.1. The SMILES string of the molecule is CN=C(NCCc1nc(C)c(C)s1)NCc1ccc(C(=O)N(C)C)cc1. The number of benzene rings is 1. The minimum Gasteiger partial charge on any atom is -0.356 e. The van der Waals surface area contributed by atoms with Gasteiger partial charge in [0.2, 0.25) is 0 Å². The molecule has 0 radical (unpaired) electrons. The third-order valence-corrected chi connectivity index (χ3v) is 5.13. The van der Waals surface area contributed by atoms with E-state index in [1.54, 1.807) is 37.4 Å². The molecule has 0 fully saturated rings. The van der Waals surface area contributed by atoms with E-state index >= 15 is 0 Å². The molecule has 0 bridgehead atoms. The van der Waals surface area contributed by atoms with Gasteiger partial charge in [0.25, 0.3) is 5.91 Å². The second-order valence-corrected chi connectivity index (χ2v) is 7.54. The fourth-order valence-electron chi connectivity index (χ4n) is 2.36. The van der Waals surface area contributed by atoms with Gasteiger partial charge in [-0.1, -0.05) is 12.1 Å². The van der Waals surface area contributed by atoms with Gasteiger partial charge in [-0.2, -0.15) is 0 Å². The molecule has 0 saturated heterocycles. The lowest BCUT2D eigenvalue weighted by atomic mass is 10.1. The van der Waals surface area contributed by atoms with Crippen molar-refractivity contribution in [1.82, 2.24) is 20.5 Å². The molecule has 1 heterocycles. The number of amides is 1. The lowest BCUT2D eigenvalue weighted by Crippen LogP contribution is -2.37. The number of hydrogen-bond donors (Lipinski definition) is 2. The molecular weight excluding hydrogens is 346 g/mol. The molecule has 0 aliphatic rings. The molecule has 0 spiro atoms. The Labute approximate surface area is 159 Å². The number of hydrogen-bond acceptors (Lipinski definition) is 4. The molecule has 0 aliphatic carbocycles. The second-order valence-electron chi connectivity index (χ2n) is 6.25. The zero-order valence-corrected chi connectivity index (χ0v) is 16.9. The largest absolute Gasteiger partial charge is 0.356 e. The number of thiazole rings is 1. The average Bonchev–Trinajstić information content (AvgIpc) is 2.95. The molecule has 26 heavy (non-hydrogen) atoms. The Balaban J connectivity index is 1.80. The van der Waals surface area contributed by atoms with E-state index in [2.05, 4.69) is 27.5 Å². The van der Waals surface area contributed by atoms with Crippen LogP contribution in [0.1, 0.15) is 31.5 Å². The monoisotopic (exact) mass is 373 g/mol. The van der Waals surface area contributed by atoms with Crippen LogP contribution in [-0.4, -0.2) is 49.4 Å². The number of carbonyl (C=O) groups excluding carboxylic acids is 1. The van der Waals surface area contributed by atoms with Gasteiger partial charge >= 0.3 is 0 Å². The molecule has 0 atom stereocenters. The summed E-state index contributed by atoms with van der Waals surface area (Å²) in [7, 11) is 5.26. The van der Waals surface area contributed by atoms with Crippen molar-refractivity contribution in [1.29, 1.82) is 0 Å². The number of aryl methyl sites for hydroxylation is 2. The maximum Gasteiger partial charge on any atom is 0.253 e. The molecule has 1 aromatic carbocycles. The smallest absolute Gasteiger partial charge is 0.253 e. The number of nitrogens with zero attached hydrogens (tertiary/aromatic N) is 3. The fraction of sp³-hybridized carbons (Fsp3) is 0.421. The summed E-state index contributed by atoms with van der Waals surface area (Å²) in [6, 6.07) is 7.61. The molecular formula is C19H27N5OS. The van der Waals surface area contributed by atoms with Crippen LogP contribution in [0, 0.1) is 13.8 Å². The summed E-state index contributed by atoms with van der Waals surface area (Å²) < 4.78 is 0. The zero-order valence-electron chi connectivity index (χ0n) is 16.1. The average molecular weight is 374 g/mol. The van der Waals surface area contributed by atoms with Crippen LogP contribution in [0.4, 0.5) is 0 Å². The lowest BCUT2D eigenvalue weighted by Gasteiger charge is -2.13. The van der Waals surface area contributed by atoms with E-state index in [0.29, 0.717) is 12.1 Å². The Bertz CT molecular complexity index is 745. The van der Waals surface area contributed by atoms with E-state index in [0.717, 1.165) is 35.2 Å². The van der Waals surface area contributed by atoms with Crippen molar-refractivity contribution < 1.29 is 4.79 Å². The number of carbonyl (C=O) groups is 1. The van der Waals surface area contributed by atoms with E-state index in [9.17, 15) is 4.79 Å². The van der Waals surface area contributed by atoms with Crippen LogP contribution in [-0.2, 0) is 13.0 Å². The third-order valence-electron chi connectivity index (χ3n) is 3.99. The molecule has 1 aromatic heterocycles. The van der Waals surface area contributed by atoms with Crippen LogP contribution in [0.25, 0.3) is 0 Å². The van der Waals surface area contributed by atoms with Crippen molar-refractivity contribution >= 4 is 23.2 Å². The molecule has 6 nitrogen and oxygen atoms in total. The maximum atomic E-state index is 11.9. The van der Waals surface area contributed by atoms with E-state index in [1.807, 2.05) is 31.2 Å². The first-order chi connectivity index (χ1) is 12.4. The van der Waals surface area contributed by atoms with Gasteiger partial charge in [0.15, 0.2) is 5.96 Å². The standard InChI is InChI=1S/C19H27N5OS/c1-13-14(2)26-17(23-13)10-11-21-19(20-3)22-12-15-6-8-16(9-7-15)18(25)24(4)5/h6-9H,10-12H2,1-5H3,(H2,20,21,22). The molecule has 0 saturated carbocycles. The molecule has 1 amide bonds. The number of aromatic nitrogens is 1. The van der Waals surface area contributed by atoms with Crippen LogP contribution in [0.3, 0.4) is 0 Å². The molecule has 2 aromatic rings. The highest BCUT2D eigenvalue weighted by Gasteiger charge is 2.07. The summed E-state index contributed by atoms with van der Waals surface area (Å²) in [4.78, 5) is 23.5. The number of rotatable bonds is 6. The van der Waals surface area contributed by atoms with Gasteiger partial charge in [-0.3, -0.25) is 9.79 Å². The predicted octanol–water partition coefficient (Wildman–Crippen LogP) is 2.37. The Kier molecular flexibility index (Phi) is 7.15. The summed E-state index contributed by atoms with van der Waals surface area (Å²) >= 11 is 1.75. The minimum atomic E-state index is 0.00893. The Morgan fingerprint density at radius 2 is 1.88 bits per heavy atom. The Morgan fingerprint density at radius 3 is 2.42 bits per heavy atom. The molecule has 7 heteroatoms. The van der Waals surface area contributed by atoms with E-state index in [-0.39, 0.29) is 5.91 Å². The van der Waals surface area contributed by atoms with Gasteiger partial charge in [0.05, 0.1) is 10.7 Å². The van der Waals surface area contributed by atoms with Crippen molar-refractivity contribution in [2.24, 2.45) is 4.99 Å². The normalized spacial score (nSPS) is 11.3. The number of guanidine groups is 1. The van der Waals surface area contributed by atoms with Crippen LogP contribution in [0.2, 0.25) is 0 Å². The Morgan fingerprint density at radius 1 is 1.19 bits per heavy atom. The summed E-state index contributed by atoms with van der Waals surface area (Å²) in [5, 5.41) is 7.74. The number of aliphatic imine (C=N–C) groups is 1. The highest BCUT2D eigenvalue weighted by Crippen LogP contribution is 2.16. The molecule has 0 unspecified atom stereocenters. The first-order valence-corrected chi connectivity index (χ1v) is 9.40. The summed E-state index contributed by atoms with van der Waals surface area (Å²) in [6.45, 7) is 5.57. The fourth-order valence-corrected chi connectivity index (χ4v) is 3.30. The van der Waals surface area contributed by atoms with Crippen molar-refractivity contribution in [2.75, 3.05) is 27.7 Å². The second kappa shape index (κ2) is 9.33. The topological polar surface area (TPSA) is 69.6 Å². The highest BCUT2D eigenvalue weighted by molar-refractivity contribution is 7.11. The van der Waals surface area contributed by atoms with Crippen molar-refractivity contribution in [3.05, 3.63) is 51.0 Å². The van der Waals surface area contributed by atoms with Crippen LogP contribution >= 0.6 is 11.3 Å². The lowest BCUT2D eigenvalue weighted by molar-refractivity contribution is 0.0827. The van der Waals surface area contributed by atoms with Gasteiger partial charge in [-0.25, -0.2) is 4.98 Å². The zero-order chi connectivity index (χ0) is 19.1. The van der Waals surface area contributed by atoms with Gasteiger partial charge in [-0.15, -0.1) is 11.3 Å². The molecule has 2 N–H and O–H groups in total. The molecule has 140 valence electrons. The van der Waals surface area contributed by atoms with Crippen LogP contribution in [0.15, 0.2) is 29.3 Å². The molecule has 0 aliphatic heterocycles. The predicted molar refractivity (Wildman–Crippen MR) is 108 cm³/mol. The van der Waals surface area contributed by atoms with Gasteiger partial charge in [0, 0.05) is 51.1 Å². The Hall–Kier alpha value is -2.41. The van der Waals surface area contributed by atoms with Crippen molar-refractivity contribution in [3.63, 3.8) is 0 Å². The third kappa shape index (κ3) is 5.56. The number of nitrogens with one attached hydrogen (secondary N) is 2. The van der Waals surface area contributed by atoms with Crippen molar-refractivity contribution in [3.8, 4) is 0 Å². The van der Waals surface area contributed by atoms with E-state index in [4.69, 9.17) is 0 Å². The minimum absolute atomic E-state index is 0.00893. The summed E-state index contributed by atoms with van der Waals surface area (Å²) in [6.07, 6.45) is 0.876. The first-order valence-electron chi connectivity index (χ1n) is 8.58. The van der Waals surface area contributed by atoms with Gasteiger partial charge < -0.3 is 15.5 Å². The van der Waals surface area contributed by atoms with Gasteiger partial charge in [-0.05, 0) is 31.5 Å². The summed E-state index contributed by atoms with van der Waals surface area (Å²) in [5.74, 6) is 0.762. The molecule has 2 rings (SSSR count). The van der Waals surface area contributed by atoms with Crippen LogP contribution < -0.4 is 10.6 Å². The van der Waals surface area contributed by atoms with E-state index in [1.165, 1.54) is 4.88 Å². The quantitative estimate of drug-likeness (QED) is 0.602.